The van der Waals surface area contributed by atoms with Gasteiger partial charge in [0.15, 0.2) is 0 Å². The van der Waals surface area contributed by atoms with E-state index < -0.39 is 0 Å². The largest absolute Gasteiger partial charge is 0.299 e. The minimum absolute atomic E-state index is 0.151. The van der Waals surface area contributed by atoms with Gasteiger partial charge in [-0.2, -0.15) is 0 Å². The summed E-state index contributed by atoms with van der Waals surface area (Å²) in [6.45, 7) is 3.14. The summed E-state index contributed by atoms with van der Waals surface area (Å²) in [6.07, 6.45) is 2.54. The Hall–Kier alpha value is -0.410. The lowest BCUT2D eigenvalue weighted by Crippen LogP contribution is -2.18. The van der Waals surface area contributed by atoms with Crippen LogP contribution in [0.15, 0.2) is 22.7 Å². The van der Waals surface area contributed by atoms with Gasteiger partial charge in [0, 0.05) is 11.0 Å². The fraction of sp³-hybridized carbons (Fsp3) is 0.455. The second-order valence-electron chi connectivity index (χ2n) is 3.72. The van der Waals surface area contributed by atoms with Gasteiger partial charge in [-0.05, 0) is 49.7 Å². The summed E-state index contributed by atoms with van der Waals surface area (Å²) in [4.78, 5) is 2.36. The van der Waals surface area contributed by atoms with Gasteiger partial charge in [0.2, 0.25) is 0 Å². The monoisotopic (exact) mass is 257 g/mol. The number of hydrogen-bond acceptors (Lipinski definition) is 1. The smallest absolute Gasteiger partial charge is 0.123 e. The second kappa shape index (κ2) is 4.41. The number of nitrogens with zero attached hydrogens (tertiary/aromatic N) is 1. The molecule has 2 rings (SSSR count). The van der Waals surface area contributed by atoms with Crippen LogP contribution in [0.25, 0.3) is 0 Å². The van der Waals surface area contributed by atoms with Crippen LogP contribution in [0.2, 0.25) is 0 Å². The molecule has 1 aliphatic heterocycles. The zero-order chi connectivity index (χ0) is 9.97. The van der Waals surface area contributed by atoms with Gasteiger partial charge in [-0.25, -0.2) is 4.39 Å². The van der Waals surface area contributed by atoms with Crippen molar-refractivity contribution >= 4 is 15.9 Å². The summed E-state index contributed by atoms with van der Waals surface area (Å²) >= 11 is 3.44. The first kappa shape index (κ1) is 10.1. The molecule has 0 aliphatic carbocycles. The Morgan fingerprint density at radius 2 is 2.00 bits per heavy atom. The molecule has 3 heteroatoms. The highest BCUT2D eigenvalue weighted by molar-refractivity contribution is 9.10. The van der Waals surface area contributed by atoms with Crippen molar-refractivity contribution in [3.05, 3.63) is 34.1 Å². The third kappa shape index (κ3) is 2.34. The SMILES string of the molecule is Fc1ccc(Br)c(CN2CCCC2)c1. The lowest BCUT2D eigenvalue weighted by Gasteiger charge is -2.15. The summed E-state index contributed by atoms with van der Waals surface area (Å²) in [7, 11) is 0. The lowest BCUT2D eigenvalue weighted by atomic mass is 10.2. The molecule has 1 aliphatic rings. The molecule has 0 unspecified atom stereocenters. The van der Waals surface area contributed by atoms with Gasteiger partial charge in [-0.15, -0.1) is 0 Å². The van der Waals surface area contributed by atoms with Crippen LogP contribution < -0.4 is 0 Å². The number of benzene rings is 1. The molecule has 14 heavy (non-hydrogen) atoms. The van der Waals surface area contributed by atoms with E-state index in [2.05, 4.69) is 20.8 Å². The predicted molar refractivity (Wildman–Crippen MR) is 58.6 cm³/mol. The lowest BCUT2D eigenvalue weighted by molar-refractivity contribution is 0.330. The van der Waals surface area contributed by atoms with Crippen molar-refractivity contribution in [1.82, 2.24) is 4.90 Å². The van der Waals surface area contributed by atoms with Crippen LogP contribution in [-0.4, -0.2) is 18.0 Å². The number of halogens is 2. The van der Waals surface area contributed by atoms with Gasteiger partial charge in [-0.3, -0.25) is 4.90 Å². The molecule has 1 fully saturated rings. The Balaban J connectivity index is 2.10. The first-order chi connectivity index (χ1) is 6.75. The predicted octanol–water partition coefficient (Wildman–Crippen LogP) is 3.18. The standard InChI is InChI=1S/C11H13BrFN/c12-11-4-3-10(13)7-9(11)8-14-5-1-2-6-14/h3-4,7H,1-2,5-6,8H2. The molecule has 1 aromatic carbocycles. The maximum atomic E-state index is 13.0. The molecule has 1 aromatic rings. The minimum Gasteiger partial charge on any atom is -0.299 e. The van der Waals surface area contributed by atoms with Crippen LogP contribution in [-0.2, 0) is 6.54 Å². The van der Waals surface area contributed by atoms with Gasteiger partial charge in [-0.1, -0.05) is 15.9 Å². The maximum absolute atomic E-state index is 13.0. The number of likely N-dealkylation sites (tertiary alicyclic amines) is 1. The van der Waals surface area contributed by atoms with Crippen LogP contribution >= 0.6 is 15.9 Å². The molecular weight excluding hydrogens is 245 g/mol. The first-order valence-electron chi connectivity index (χ1n) is 4.92. The van der Waals surface area contributed by atoms with Crippen LogP contribution in [0.3, 0.4) is 0 Å². The fourth-order valence-electron chi connectivity index (χ4n) is 1.85. The molecule has 0 atom stereocenters. The topological polar surface area (TPSA) is 3.24 Å². The Kier molecular flexibility index (Phi) is 3.19. The van der Waals surface area contributed by atoms with E-state index in [-0.39, 0.29) is 5.82 Å². The summed E-state index contributed by atoms with van der Waals surface area (Å²) < 4.78 is 14.0. The highest BCUT2D eigenvalue weighted by Gasteiger charge is 2.13. The Morgan fingerprint density at radius 3 is 2.71 bits per heavy atom. The average molecular weight is 258 g/mol. The van der Waals surface area contributed by atoms with E-state index in [9.17, 15) is 4.39 Å². The molecule has 0 saturated carbocycles. The van der Waals surface area contributed by atoms with Crippen molar-refractivity contribution in [3.8, 4) is 0 Å². The van der Waals surface area contributed by atoms with Gasteiger partial charge >= 0.3 is 0 Å². The van der Waals surface area contributed by atoms with Crippen LogP contribution in [0.4, 0.5) is 4.39 Å². The Bertz CT molecular complexity index is 321. The summed E-state index contributed by atoms with van der Waals surface area (Å²) in [6, 6.07) is 4.88. The molecule has 1 nitrogen and oxygen atoms in total. The van der Waals surface area contributed by atoms with Crippen molar-refractivity contribution in [2.24, 2.45) is 0 Å². The summed E-state index contributed by atoms with van der Waals surface area (Å²) in [5.74, 6) is -0.151. The van der Waals surface area contributed by atoms with Crippen LogP contribution in [0.5, 0.6) is 0 Å². The van der Waals surface area contributed by atoms with Crippen molar-refractivity contribution in [3.63, 3.8) is 0 Å². The molecule has 0 N–H and O–H groups in total. The average Bonchev–Trinajstić information content (AvgIpc) is 2.64. The zero-order valence-electron chi connectivity index (χ0n) is 7.97. The van der Waals surface area contributed by atoms with E-state index in [1.807, 2.05) is 0 Å². The third-order valence-electron chi connectivity index (χ3n) is 2.60. The Labute approximate surface area is 92.0 Å². The Morgan fingerprint density at radius 1 is 1.29 bits per heavy atom. The number of rotatable bonds is 2. The number of hydrogen-bond donors (Lipinski definition) is 0. The molecule has 76 valence electrons. The van der Waals surface area contributed by atoms with Crippen molar-refractivity contribution in [2.45, 2.75) is 19.4 Å². The van der Waals surface area contributed by atoms with Crippen molar-refractivity contribution in [1.29, 1.82) is 0 Å². The van der Waals surface area contributed by atoms with E-state index in [1.165, 1.54) is 18.9 Å². The third-order valence-corrected chi connectivity index (χ3v) is 3.37. The molecule has 1 saturated heterocycles. The van der Waals surface area contributed by atoms with E-state index in [0.717, 1.165) is 29.7 Å². The molecular formula is C11H13BrFN. The molecule has 0 aromatic heterocycles. The minimum atomic E-state index is -0.151. The zero-order valence-corrected chi connectivity index (χ0v) is 9.56. The maximum Gasteiger partial charge on any atom is 0.123 e. The van der Waals surface area contributed by atoms with E-state index in [4.69, 9.17) is 0 Å². The van der Waals surface area contributed by atoms with E-state index in [1.54, 1.807) is 12.1 Å². The van der Waals surface area contributed by atoms with Gasteiger partial charge in [0.25, 0.3) is 0 Å². The van der Waals surface area contributed by atoms with E-state index >= 15 is 0 Å². The second-order valence-corrected chi connectivity index (χ2v) is 4.57. The molecule has 0 bridgehead atoms. The molecule has 0 spiro atoms. The first-order valence-corrected chi connectivity index (χ1v) is 5.71. The van der Waals surface area contributed by atoms with Crippen LogP contribution in [0.1, 0.15) is 18.4 Å². The molecule has 0 amide bonds. The molecule has 1 heterocycles. The van der Waals surface area contributed by atoms with Crippen molar-refractivity contribution < 1.29 is 4.39 Å². The van der Waals surface area contributed by atoms with Gasteiger partial charge in [0.05, 0.1) is 0 Å². The van der Waals surface area contributed by atoms with Crippen LogP contribution in [0, 0.1) is 5.82 Å². The van der Waals surface area contributed by atoms with E-state index in [0.29, 0.717) is 0 Å². The molecule has 0 radical (unpaired) electrons. The quantitative estimate of drug-likeness (QED) is 0.787. The summed E-state index contributed by atoms with van der Waals surface area (Å²) in [5, 5.41) is 0. The normalized spacial score (nSPS) is 17.6. The van der Waals surface area contributed by atoms with Crippen molar-refractivity contribution in [2.75, 3.05) is 13.1 Å². The van der Waals surface area contributed by atoms with Gasteiger partial charge in [0.1, 0.15) is 5.82 Å². The summed E-state index contributed by atoms with van der Waals surface area (Å²) in [5.41, 5.74) is 1.05. The van der Waals surface area contributed by atoms with Gasteiger partial charge < -0.3 is 0 Å². The highest BCUT2D eigenvalue weighted by Crippen LogP contribution is 2.21. The highest BCUT2D eigenvalue weighted by atomic mass is 79.9. The fourth-order valence-corrected chi connectivity index (χ4v) is 2.22.